The lowest BCUT2D eigenvalue weighted by molar-refractivity contribution is -0.144. The Hall–Kier alpha value is -7.07. The first-order valence-corrected chi connectivity index (χ1v) is 25.4. The van der Waals surface area contributed by atoms with Crippen LogP contribution in [0.25, 0.3) is 31.8 Å². The van der Waals surface area contributed by atoms with Gasteiger partial charge in [0.05, 0.1) is 57.4 Å². The van der Waals surface area contributed by atoms with Gasteiger partial charge in [-0.2, -0.15) is 0 Å². The molecule has 0 bridgehead atoms. The molecular formula is C51H59N11O8S2. The second-order valence-corrected chi connectivity index (χ2v) is 21.0. The third kappa shape index (κ3) is 13.1. The lowest BCUT2D eigenvalue weighted by Gasteiger charge is -2.35. The van der Waals surface area contributed by atoms with Crippen LogP contribution in [-0.4, -0.2) is 135 Å². The molecule has 0 radical (unpaired) electrons. The van der Waals surface area contributed by atoms with E-state index in [0.717, 1.165) is 43.0 Å². The topological polar surface area (TPSA) is 233 Å². The summed E-state index contributed by atoms with van der Waals surface area (Å²) in [6.07, 6.45) is 1.39. The fraction of sp³-hybridized carbons (Fsp3) is 0.392. The number of ether oxygens (including phenoxy) is 2. The van der Waals surface area contributed by atoms with E-state index >= 15 is 0 Å². The van der Waals surface area contributed by atoms with E-state index in [2.05, 4.69) is 41.2 Å². The van der Waals surface area contributed by atoms with Crippen molar-refractivity contribution >= 4 is 79.4 Å². The van der Waals surface area contributed by atoms with E-state index in [9.17, 15) is 29.1 Å². The molecule has 8 rings (SSSR count). The number of carbonyl (C=O) groups excluding carboxylic acids is 5. The first-order chi connectivity index (χ1) is 34.4. The van der Waals surface area contributed by atoms with Gasteiger partial charge >= 0.3 is 6.09 Å². The molecule has 3 atom stereocenters. The summed E-state index contributed by atoms with van der Waals surface area (Å²) >= 11 is 2.95. The molecule has 3 aromatic carbocycles. The van der Waals surface area contributed by atoms with Crippen molar-refractivity contribution in [1.29, 1.82) is 0 Å². The van der Waals surface area contributed by atoms with E-state index in [1.54, 1.807) is 36.8 Å². The molecule has 2 saturated heterocycles. The van der Waals surface area contributed by atoms with Crippen LogP contribution in [0.5, 0.6) is 5.75 Å². The molecule has 19 nitrogen and oxygen atoms in total. The summed E-state index contributed by atoms with van der Waals surface area (Å²) < 4.78 is 11.8. The highest BCUT2D eigenvalue weighted by atomic mass is 32.1. The number of nitrogens with zero attached hydrogens (tertiary/aromatic N) is 7. The average Bonchev–Trinajstić information content (AvgIpc) is 4.08. The summed E-state index contributed by atoms with van der Waals surface area (Å²) in [4.78, 5) is 90.5. The third-order valence-corrected chi connectivity index (χ3v) is 14.0. The number of hydrogen-bond donors (Lipinski definition) is 5. The maximum absolute atomic E-state index is 14.1. The minimum Gasteiger partial charge on any atom is -0.481 e. The predicted molar refractivity (Wildman–Crippen MR) is 277 cm³/mol. The van der Waals surface area contributed by atoms with E-state index in [1.165, 1.54) is 28.6 Å². The zero-order valence-electron chi connectivity index (χ0n) is 41.0. The van der Waals surface area contributed by atoms with Crippen LogP contribution in [0, 0.1) is 12.3 Å². The summed E-state index contributed by atoms with van der Waals surface area (Å²) in [5.41, 5.74) is 7.16. The quantitative estimate of drug-likeness (QED) is 0.0739. The number of carbonyl (C=O) groups is 5. The molecular weight excluding hydrogens is 959 g/mol. The van der Waals surface area contributed by atoms with Gasteiger partial charge in [0.1, 0.15) is 12.1 Å². The molecule has 5 N–H and O–H groups in total. The molecule has 378 valence electrons. The Morgan fingerprint density at radius 1 is 0.875 bits per heavy atom. The van der Waals surface area contributed by atoms with E-state index in [-0.39, 0.29) is 43.8 Å². The van der Waals surface area contributed by atoms with E-state index in [1.807, 2.05) is 98.2 Å². The van der Waals surface area contributed by atoms with Gasteiger partial charge in [-0.15, -0.1) is 11.3 Å². The van der Waals surface area contributed by atoms with Crippen LogP contribution < -0.4 is 30.9 Å². The minimum absolute atomic E-state index is 0.0432. The number of anilines is 3. The van der Waals surface area contributed by atoms with E-state index < -0.39 is 54.0 Å². The molecule has 6 aromatic rings. The third-order valence-electron chi connectivity index (χ3n) is 12.1. The predicted octanol–water partition coefficient (Wildman–Crippen LogP) is 6.09. The van der Waals surface area contributed by atoms with Crippen LogP contribution in [0.4, 0.5) is 21.6 Å². The molecule has 2 aliphatic rings. The van der Waals surface area contributed by atoms with Crippen molar-refractivity contribution in [3.63, 3.8) is 0 Å². The number of amides is 5. The normalized spacial score (nSPS) is 16.6. The van der Waals surface area contributed by atoms with Gasteiger partial charge in [0.2, 0.25) is 23.7 Å². The molecule has 0 saturated carbocycles. The minimum atomic E-state index is -1.02. The smallest absolute Gasteiger partial charge is 0.411 e. The molecule has 0 aliphatic carbocycles. The van der Waals surface area contributed by atoms with Crippen LogP contribution in [0.2, 0.25) is 0 Å². The van der Waals surface area contributed by atoms with Crippen molar-refractivity contribution in [3.05, 3.63) is 95.9 Å². The number of aliphatic hydroxyl groups is 1. The van der Waals surface area contributed by atoms with Crippen molar-refractivity contribution in [2.24, 2.45) is 5.41 Å². The number of aromatic nitrogens is 4. The zero-order valence-corrected chi connectivity index (χ0v) is 42.6. The maximum atomic E-state index is 14.1. The number of benzene rings is 3. The van der Waals surface area contributed by atoms with Crippen molar-refractivity contribution in [1.82, 2.24) is 40.4 Å². The van der Waals surface area contributed by atoms with Crippen LogP contribution in [-0.2, 0) is 30.5 Å². The Morgan fingerprint density at radius 3 is 2.29 bits per heavy atom. The Balaban J connectivity index is 0.773. The Bertz CT molecular complexity index is 2900. The molecule has 3 aromatic heterocycles. The van der Waals surface area contributed by atoms with Gasteiger partial charge in [-0.05, 0) is 72.7 Å². The van der Waals surface area contributed by atoms with Crippen molar-refractivity contribution < 1.29 is 38.6 Å². The number of likely N-dealkylation sites (tertiary alicyclic amines) is 1. The molecule has 5 heterocycles. The SMILES string of the molecule is Cc1ncsc1-c1ccc(CNC(=O)[C@@H]2C[C@@H](O)CN2C(=O)[C@@H](NC(=O)COc2cnc(N3CCN(CC(=O)Nc4nc5ccc(-c6cccc(NC(=O)OC(C)C)c6)cc5s4)CC3)nc2)C(C)(C)C)cc1. The molecule has 0 spiro atoms. The van der Waals surface area contributed by atoms with Gasteiger partial charge in [-0.3, -0.25) is 29.4 Å². The fourth-order valence-corrected chi connectivity index (χ4v) is 10.2. The Labute approximate surface area is 425 Å². The average molecular weight is 1020 g/mol. The van der Waals surface area contributed by atoms with Crippen LogP contribution in [0.1, 0.15) is 52.3 Å². The summed E-state index contributed by atoms with van der Waals surface area (Å²) in [5, 5.41) is 22.6. The van der Waals surface area contributed by atoms with Gasteiger partial charge < -0.3 is 40.3 Å². The number of fused-ring (bicyclic) bond motifs is 1. The molecule has 21 heteroatoms. The molecule has 2 aliphatic heterocycles. The number of aryl methyl sites for hydroxylation is 1. The summed E-state index contributed by atoms with van der Waals surface area (Å²) in [6, 6.07) is 19.3. The van der Waals surface area contributed by atoms with E-state index in [4.69, 9.17) is 9.47 Å². The first-order valence-electron chi connectivity index (χ1n) is 23.7. The monoisotopic (exact) mass is 1020 g/mol. The number of β-amino-alcohol motifs (C(OH)–C–C–N with tert-alkyl or cyclic N) is 1. The molecule has 72 heavy (non-hydrogen) atoms. The van der Waals surface area contributed by atoms with E-state index in [0.29, 0.717) is 42.9 Å². The largest absolute Gasteiger partial charge is 0.481 e. The highest BCUT2D eigenvalue weighted by Crippen LogP contribution is 2.32. The fourth-order valence-electron chi connectivity index (χ4n) is 8.44. The van der Waals surface area contributed by atoms with Crippen LogP contribution in [0.3, 0.4) is 0 Å². The second kappa shape index (κ2) is 22.6. The number of piperazine rings is 1. The summed E-state index contributed by atoms with van der Waals surface area (Å²) in [6.45, 7) is 13.3. The summed E-state index contributed by atoms with van der Waals surface area (Å²) in [7, 11) is 0. The molecule has 2 fully saturated rings. The Kier molecular flexibility index (Phi) is 16.1. The van der Waals surface area contributed by atoms with Gasteiger partial charge in [0.25, 0.3) is 5.91 Å². The van der Waals surface area contributed by atoms with Gasteiger partial charge in [-0.1, -0.05) is 74.6 Å². The highest BCUT2D eigenvalue weighted by Gasteiger charge is 2.44. The van der Waals surface area contributed by atoms with Gasteiger partial charge in [0, 0.05) is 51.4 Å². The zero-order chi connectivity index (χ0) is 51.1. The van der Waals surface area contributed by atoms with Crippen molar-refractivity contribution in [2.45, 2.75) is 78.8 Å². The molecule has 0 unspecified atom stereocenters. The van der Waals surface area contributed by atoms with Crippen molar-refractivity contribution in [2.75, 3.05) is 61.4 Å². The number of hydrogen-bond acceptors (Lipinski definition) is 16. The van der Waals surface area contributed by atoms with Gasteiger partial charge in [-0.25, -0.2) is 24.7 Å². The highest BCUT2D eigenvalue weighted by molar-refractivity contribution is 7.22. The number of rotatable bonds is 16. The summed E-state index contributed by atoms with van der Waals surface area (Å²) in [5.74, 6) is -0.858. The Morgan fingerprint density at radius 2 is 1.60 bits per heavy atom. The van der Waals surface area contributed by atoms with Gasteiger partial charge in [0.15, 0.2) is 17.5 Å². The lowest BCUT2D eigenvalue weighted by Crippen LogP contribution is -2.58. The lowest BCUT2D eigenvalue weighted by atomic mass is 9.85. The number of aliphatic hydroxyl groups excluding tert-OH is 1. The standard InChI is InChI=1S/C51H59N11O8S2/c1-30(2)70-50(68)56-36-9-7-8-34(20-36)35-14-15-39-41(21-35)72-49(57-39)59-42(64)27-60-16-18-61(19-17-60)48-53-24-38(25-54-48)69-28-43(65)58-45(51(4,5)6)47(67)62-26-37(63)22-40(62)46(66)52-23-32-10-12-33(13-11-32)44-31(3)55-29-71-44/h7-15,20-21,24-25,29-30,37,40,45,63H,16-19,22-23,26-28H2,1-6H3,(H,52,66)(H,56,68)(H,58,65)(H,57,59,64)/t37-,40+,45-/m1/s1. The number of thiazole rings is 2. The maximum Gasteiger partial charge on any atom is 0.411 e. The number of nitrogens with one attached hydrogen (secondary N) is 4. The van der Waals surface area contributed by atoms with Crippen LogP contribution >= 0.6 is 22.7 Å². The van der Waals surface area contributed by atoms with Crippen molar-refractivity contribution in [3.8, 4) is 27.3 Å². The van der Waals surface area contributed by atoms with Crippen LogP contribution in [0.15, 0.2) is 84.6 Å². The first kappa shape index (κ1) is 51.3. The second-order valence-electron chi connectivity index (χ2n) is 19.1. The molecule has 5 amide bonds.